The van der Waals surface area contributed by atoms with Crippen LogP contribution in [0.1, 0.15) is 48.0 Å². The number of nitrogens with one attached hydrogen (secondary N) is 2. The molecule has 0 aliphatic rings. The fraction of sp³-hybridized carbons (Fsp3) is 0.933. The SMILES string of the molecule is CCN(CC)C(CNC(=NC)NC(C)C)CC(C)C.I. The number of rotatable bonds is 8. The van der Waals surface area contributed by atoms with E-state index in [1.807, 2.05) is 7.05 Å². The number of aliphatic imine (C=N–C) groups is 1. The minimum atomic E-state index is 0. The lowest BCUT2D eigenvalue weighted by Gasteiger charge is -2.31. The van der Waals surface area contributed by atoms with Crippen molar-refractivity contribution in [1.29, 1.82) is 0 Å². The van der Waals surface area contributed by atoms with Crippen LogP contribution >= 0.6 is 24.0 Å². The third-order valence-corrected chi connectivity index (χ3v) is 3.23. The molecule has 0 aromatic rings. The summed E-state index contributed by atoms with van der Waals surface area (Å²) in [6, 6.07) is 0.976. The van der Waals surface area contributed by atoms with Gasteiger partial charge in [0.2, 0.25) is 0 Å². The molecule has 0 fully saturated rings. The average Bonchev–Trinajstić information content (AvgIpc) is 2.34. The van der Waals surface area contributed by atoms with E-state index >= 15 is 0 Å². The Morgan fingerprint density at radius 2 is 1.65 bits per heavy atom. The van der Waals surface area contributed by atoms with Crippen LogP contribution in [0.25, 0.3) is 0 Å². The van der Waals surface area contributed by atoms with Crippen molar-refractivity contribution in [1.82, 2.24) is 15.5 Å². The van der Waals surface area contributed by atoms with E-state index in [1.54, 1.807) is 0 Å². The van der Waals surface area contributed by atoms with Crippen LogP contribution in [0.5, 0.6) is 0 Å². The molecule has 0 aliphatic carbocycles. The summed E-state index contributed by atoms with van der Waals surface area (Å²) in [5, 5.41) is 6.79. The summed E-state index contributed by atoms with van der Waals surface area (Å²) >= 11 is 0. The quantitative estimate of drug-likeness (QED) is 0.375. The molecular weight excluding hydrogens is 363 g/mol. The lowest BCUT2D eigenvalue weighted by atomic mass is 10.0. The zero-order chi connectivity index (χ0) is 14.8. The Labute approximate surface area is 143 Å². The van der Waals surface area contributed by atoms with Crippen molar-refractivity contribution >= 4 is 29.9 Å². The predicted octanol–water partition coefficient (Wildman–Crippen LogP) is 2.93. The van der Waals surface area contributed by atoms with Gasteiger partial charge in [-0.3, -0.25) is 9.89 Å². The van der Waals surface area contributed by atoms with Crippen LogP contribution in [0.4, 0.5) is 0 Å². The van der Waals surface area contributed by atoms with E-state index in [1.165, 1.54) is 6.42 Å². The van der Waals surface area contributed by atoms with E-state index in [4.69, 9.17) is 0 Å². The van der Waals surface area contributed by atoms with Gasteiger partial charge in [0, 0.05) is 25.7 Å². The second-order valence-corrected chi connectivity index (χ2v) is 5.76. The zero-order valence-electron chi connectivity index (χ0n) is 14.4. The monoisotopic (exact) mass is 398 g/mol. The van der Waals surface area contributed by atoms with Gasteiger partial charge in [-0.1, -0.05) is 27.7 Å². The Balaban J connectivity index is 0. The number of halogens is 1. The first-order valence-electron chi connectivity index (χ1n) is 7.65. The molecule has 0 aromatic carbocycles. The van der Waals surface area contributed by atoms with Gasteiger partial charge in [0.1, 0.15) is 0 Å². The molecule has 0 aromatic heterocycles. The van der Waals surface area contributed by atoms with E-state index in [0.717, 1.165) is 25.6 Å². The summed E-state index contributed by atoms with van der Waals surface area (Å²) in [5.74, 6) is 1.61. The van der Waals surface area contributed by atoms with Gasteiger partial charge in [0.25, 0.3) is 0 Å². The van der Waals surface area contributed by atoms with Crippen LogP contribution in [0.15, 0.2) is 4.99 Å². The fourth-order valence-electron chi connectivity index (χ4n) is 2.33. The minimum Gasteiger partial charge on any atom is -0.355 e. The molecule has 2 N–H and O–H groups in total. The van der Waals surface area contributed by atoms with Crippen molar-refractivity contribution < 1.29 is 0 Å². The van der Waals surface area contributed by atoms with Crippen molar-refractivity contribution in [3.63, 3.8) is 0 Å². The molecule has 20 heavy (non-hydrogen) atoms. The average molecular weight is 398 g/mol. The molecular formula is C15H35IN4. The molecule has 1 atom stereocenters. The van der Waals surface area contributed by atoms with Gasteiger partial charge in [-0.25, -0.2) is 0 Å². The van der Waals surface area contributed by atoms with Gasteiger partial charge < -0.3 is 10.6 Å². The highest BCUT2D eigenvalue weighted by Gasteiger charge is 2.17. The van der Waals surface area contributed by atoms with Crippen LogP contribution < -0.4 is 10.6 Å². The Hall–Kier alpha value is -0.0400. The maximum absolute atomic E-state index is 4.27. The number of nitrogens with zero attached hydrogens (tertiary/aromatic N) is 2. The zero-order valence-corrected chi connectivity index (χ0v) is 16.7. The molecule has 0 spiro atoms. The lowest BCUT2D eigenvalue weighted by molar-refractivity contribution is 0.191. The summed E-state index contributed by atoms with van der Waals surface area (Å²) < 4.78 is 0. The molecule has 1 unspecified atom stereocenters. The Morgan fingerprint density at radius 3 is 2.00 bits per heavy atom. The molecule has 0 bridgehead atoms. The Morgan fingerprint density at radius 1 is 1.10 bits per heavy atom. The first kappa shape index (κ1) is 22.2. The van der Waals surface area contributed by atoms with Crippen LogP contribution in [0.3, 0.4) is 0 Å². The molecule has 4 nitrogen and oxygen atoms in total. The first-order valence-corrected chi connectivity index (χ1v) is 7.65. The third-order valence-electron chi connectivity index (χ3n) is 3.23. The van der Waals surface area contributed by atoms with Crippen molar-refractivity contribution in [2.24, 2.45) is 10.9 Å². The molecule has 5 heteroatoms. The highest BCUT2D eigenvalue weighted by Crippen LogP contribution is 2.10. The molecule has 0 aliphatic heterocycles. The first-order chi connectivity index (χ1) is 8.94. The molecule has 0 amide bonds. The molecule has 122 valence electrons. The molecule has 0 rings (SSSR count). The van der Waals surface area contributed by atoms with Crippen LogP contribution in [0.2, 0.25) is 0 Å². The smallest absolute Gasteiger partial charge is 0.191 e. The van der Waals surface area contributed by atoms with E-state index in [9.17, 15) is 0 Å². The molecule has 0 saturated carbocycles. The normalized spacial score (nSPS) is 13.6. The van der Waals surface area contributed by atoms with E-state index in [0.29, 0.717) is 18.0 Å². The van der Waals surface area contributed by atoms with Gasteiger partial charge in [0.15, 0.2) is 5.96 Å². The third kappa shape index (κ3) is 9.80. The van der Waals surface area contributed by atoms with Gasteiger partial charge in [0.05, 0.1) is 0 Å². The summed E-state index contributed by atoms with van der Waals surface area (Å²) in [6.07, 6.45) is 1.22. The second-order valence-electron chi connectivity index (χ2n) is 5.76. The standard InChI is InChI=1S/C15H34N4.HI/c1-8-19(9-2)14(10-12(3)4)11-17-15(16-7)18-13(5)6;/h12-14H,8-11H2,1-7H3,(H2,16,17,18);1H. The van der Waals surface area contributed by atoms with E-state index in [-0.39, 0.29) is 24.0 Å². The summed E-state index contributed by atoms with van der Waals surface area (Å²) in [5.41, 5.74) is 0. The predicted molar refractivity (Wildman–Crippen MR) is 101 cm³/mol. The van der Waals surface area contributed by atoms with Gasteiger partial charge >= 0.3 is 0 Å². The molecule has 0 heterocycles. The number of likely N-dealkylation sites (N-methyl/N-ethyl adjacent to an activating group) is 1. The van der Waals surface area contributed by atoms with Crippen molar-refractivity contribution in [2.45, 2.75) is 60.0 Å². The fourth-order valence-corrected chi connectivity index (χ4v) is 2.33. The number of guanidine groups is 1. The Kier molecular flexibility index (Phi) is 14.1. The van der Waals surface area contributed by atoms with Gasteiger partial charge in [-0.15, -0.1) is 24.0 Å². The number of hydrogen-bond acceptors (Lipinski definition) is 2. The minimum absolute atomic E-state index is 0. The Bertz CT molecular complexity index is 250. The summed E-state index contributed by atoms with van der Waals surface area (Å²) in [7, 11) is 1.83. The maximum atomic E-state index is 4.27. The van der Waals surface area contributed by atoms with E-state index in [2.05, 4.69) is 62.1 Å². The summed E-state index contributed by atoms with van der Waals surface area (Å²) in [6.45, 7) is 16.5. The molecule has 0 saturated heterocycles. The largest absolute Gasteiger partial charge is 0.355 e. The topological polar surface area (TPSA) is 39.7 Å². The van der Waals surface area contributed by atoms with Crippen molar-refractivity contribution in [2.75, 3.05) is 26.7 Å². The van der Waals surface area contributed by atoms with E-state index < -0.39 is 0 Å². The van der Waals surface area contributed by atoms with Crippen LogP contribution in [-0.2, 0) is 0 Å². The highest BCUT2D eigenvalue weighted by atomic mass is 127. The van der Waals surface area contributed by atoms with Gasteiger partial charge in [-0.05, 0) is 39.3 Å². The van der Waals surface area contributed by atoms with Crippen molar-refractivity contribution in [3.8, 4) is 0 Å². The van der Waals surface area contributed by atoms with Crippen LogP contribution in [-0.4, -0.2) is 49.6 Å². The number of hydrogen-bond donors (Lipinski definition) is 2. The lowest BCUT2D eigenvalue weighted by Crippen LogP contribution is -2.48. The second kappa shape index (κ2) is 12.7. The van der Waals surface area contributed by atoms with Crippen LogP contribution in [0, 0.1) is 5.92 Å². The highest BCUT2D eigenvalue weighted by molar-refractivity contribution is 14.0. The summed E-state index contributed by atoms with van der Waals surface area (Å²) in [4.78, 5) is 6.79. The van der Waals surface area contributed by atoms with Gasteiger partial charge in [-0.2, -0.15) is 0 Å². The molecule has 0 radical (unpaired) electrons. The van der Waals surface area contributed by atoms with Crippen molar-refractivity contribution in [3.05, 3.63) is 0 Å². The maximum Gasteiger partial charge on any atom is 0.191 e.